The van der Waals surface area contributed by atoms with Crippen molar-refractivity contribution < 1.29 is 4.79 Å². The van der Waals surface area contributed by atoms with Crippen LogP contribution < -0.4 is 0 Å². The third-order valence-corrected chi connectivity index (χ3v) is 8.58. The minimum atomic E-state index is 0.258. The van der Waals surface area contributed by atoms with Crippen molar-refractivity contribution in [2.75, 3.05) is 19.6 Å². The van der Waals surface area contributed by atoms with E-state index < -0.39 is 0 Å². The minimum Gasteiger partial charge on any atom is -0.335 e. The van der Waals surface area contributed by atoms with E-state index in [2.05, 4.69) is 15.9 Å². The van der Waals surface area contributed by atoms with Crippen molar-refractivity contribution in [3.8, 4) is 5.13 Å². The lowest BCUT2D eigenvalue weighted by Gasteiger charge is -2.54. The largest absolute Gasteiger partial charge is 0.335 e. The molecular formula is C24H30N4OS. The van der Waals surface area contributed by atoms with E-state index in [4.69, 9.17) is 4.98 Å². The van der Waals surface area contributed by atoms with Crippen molar-refractivity contribution in [3.05, 3.63) is 47.2 Å². The lowest BCUT2D eigenvalue weighted by atomic mass is 9.68. The van der Waals surface area contributed by atoms with Crippen LogP contribution in [0.1, 0.15) is 44.2 Å². The summed E-state index contributed by atoms with van der Waals surface area (Å²) in [6.07, 6.45) is 14.7. The molecule has 30 heavy (non-hydrogen) atoms. The van der Waals surface area contributed by atoms with Gasteiger partial charge in [0, 0.05) is 36.9 Å². The van der Waals surface area contributed by atoms with Crippen LogP contribution in [0.25, 0.3) is 5.13 Å². The topological polar surface area (TPSA) is 41.4 Å². The first-order chi connectivity index (χ1) is 14.8. The zero-order valence-electron chi connectivity index (χ0n) is 17.4. The van der Waals surface area contributed by atoms with Gasteiger partial charge in [0.25, 0.3) is 0 Å². The number of hydrogen-bond donors (Lipinski definition) is 0. The molecule has 4 aliphatic rings. The van der Waals surface area contributed by atoms with Gasteiger partial charge in [-0.15, -0.1) is 11.3 Å². The van der Waals surface area contributed by atoms with Gasteiger partial charge >= 0.3 is 0 Å². The molecule has 0 aromatic carbocycles. The second-order valence-electron chi connectivity index (χ2n) is 9.48. The van der Waals surface area contributed by atoms with Crippen LogP contribution in [0.2, 0.25) is 0 Å². The third kappa shape index (κ3) is 3.25. The number of hydrogen-bond acceptors (Lipinski definition) is 4. The fourth-order valence-electron chi connectivity index (χ4n) is 6.47. The fraction of sp³-hybridized carbons (Fsp3) is 0.583. The molecule has 1 aliphatic carbocycles. The Labute approximate surface area is 182 Å². The summed E-state index contributed by atoms with van der Waals surface area (Å²) in [5.41, 5.74) is 2.46. The Hall–Kier alpha value is -1.92. The zero-order chi connectivity index (χ0) is 20.1. The van der Waals surface area contributed by atoms with Gasteiger partial charge in [-0.1, -0.05) is 18.1 Å². The Balaban J connectivity index is 1.22. The zero-order valence-corrected chi connectivity index (χ0v) is 18.3. The Kier molecular flexibility index (Phi) is 4.80. The molecule has 0 N–H and O–H groups in total. The number of carbonyl (C=O) groups is 1. The third-order valence-electron chi connectivity index (χ3n) is 7.67. The first-order valence-electron chi connectivity index (χ1n) is 11.6. The van der Waals surface area contributed by atoms with Crippen molar-refractivity contribution in [2.24, 2.45) is 11.8 Å². The molecule has 6 rings (SSSR count). The summed E-state index contributed by atoms with van der Waals surface area (Å²) in [7, 11) is 0. The van der Waals surface area contributed by atoms with Gasteiger partial charge in [-0.25, -0.2) is 4.98 Å². The number of carbonyl (C=O) groups excluding carboxylic acids is 1. The molecule has 3 saturated heterocycles. The standard InChI is InChI=1S/C24H30N4OS/c29-22(14-20-16-30-24(25-20)26-8-3-4-9-26)28-11-5-6-17-12-18-13-19(23(17)28)15-27-10-2-1-7-21(18)27/h3-4,8-9,12,16,18-19,21,23H,1-2,5-7,10-11,13-15H2/t18-,19-,21+,23+/m0/s1. The van der Waals surface area contributed by atoms with Crippen LogP contribution >= 0.6 is 11.3 Å². The highest BCUT2D eigenvalue weighted by molar-refractivity contribution is 7.12. The van der Waals surface area contributed by atoms with E-state index in [-0.39, 0.29) is 5.91 Å². The van der Waals surface area contributed by atoms with Crippen molar-refractivity contribution >= 4 is 17.2 Å². The number of likely N-dealkylation sites (tertiary alicyclic amines) is 1. The van der Waals surface area contributed by atoms with Crippen LogP contribution in [-0.4, -0.2) is 57.0 Å². The number of fused-ring (bicyclic) bond motifs is 6. The smallest absolute Gasteiger partial charge is 0.229 e. The minimum absolute atomic E-state index is 0.258. The Morgan fingerprint density at radius 1 is 1.17 bits per heavy atom. The molecule has 2 bridgehead atoms. The molecule has 6 heteroatoms. The molecule has 3 aliphatic heterocycles. The quantitative estimate of drug-likeness (QED) is 0.705. The summed E-state index contributed by atoms with van der Waals surface area (Å²) in [6.45, 7) is 3.34. The average Bonchev–Trinajstić information content (AvgIpc) is 3.45. The molecule has 1 amide bonds. The second kappa shape index (κ2) is 7.65. The van der Waals surface area contributed by atoms with Crippen LogP contribution in [0.4, 0.5) is 0 Å². The average molecular weight is 423 g/mol. The van der Waals surface area contributed by atoms with E-state index in [9.17, 15) is 4.79 Å². The van der Waals surface area contributed by atoms with Crippen LogP contribution in [0.5, 0.6) is 0 Å². The fourth-order valence-corrected chi connectivity index (χ4v) is 7.26. The van der Waals surface area contributed by atoms with E-state index in [0.29, 0.717) is 24.3 Å². The molecular weight excluding hydrogens is 392 g/mol. The maximum atomic E-state index is 13.4. The predicted octanol–water partition coefficient (Wildman–Crippen LogP) is 3.90. The summed E-state index contributed by atoms with van der Waals surface area (Å²) in [5.74, 6) is 1.58. The SMILES string of the molecule is O=C(Cc1csc(-n2cccc2)n1)N1CCCC2=C[C@H]3C[C@@H](CN4CCCC[C@H]34)[C@@H]21. The molecule has 158 valence electrons. The van der Waals surface area contributed by atoms with Gasteiger partial charge in [0.15, 0.2) is 5.13 Å². The molecule has 0 spiro atoms. The number of aromatic nitrogens is 2. The van der Waals surface area contributed by atoms with Crippen LogP contribution in [0.3, 0.4) is 0 Å². The normalized spacial score (nSPS) is 31.1. The molecule has 0 radical (unpaired) electrons. The summed E-state index contributed by atoms with van der Waals surface area (Å²) < 4.78 is 2.01. The van der Waals surface area contributed by atoms with Crippen molar-refractivity contribution in [3.63, 3.8) is 0 Å². The van der Waals surface area contributed by atoms with Gasteiger partial charge in [0.2, 0.25) is 5.91 Å². The van der Waals surface area contributed by atoms with Crippen LogP contribution in [-0.2, 0) is 11.2 Å². The van der Waals surface area contributed by atoms with Gasteiger partial charge in [-0.05, 0) is 62.6 Å². The Morgan fingerprint density at radius 3 is 2.97 bits per heavy atom. The van der Waals surface area contributed by atoms with Crippen molar-refractivity contribution in [2.45, 2.75) is 57.0 Å². The highest BCUT2D eigenvalue weighted by Gasteiger charge is 2.46. The lowest BCUT2D eigenvalue weighted by Crippen LogP contribution is -2.60. The van der Waals surface area contributed by atoms with Gasteiger partial charge in [-0.3, -0.25) is 9.69 Å². The monoisotopic (exact) mass is 422 g/mol. The number of piperidine rings is 3. The first-order valence-corrected chi connectivity index (χ1v) is 12.5. The van der Waals surface area contributed by atoms with Gasteiger partial charge in [-0.2, -0.15) is 0 Å². The molecule has 4 atom stereocenters. The highest BCUT2D eigenvalue weighted by atomic mass is 32.1. The maximum Gasteiger partial charge on any atom is 0.229 e. The highest BCUT2D eigenvalue weighted by Crippen LogP contribution is 2.45. The molecule has 3 fully saturated rings. The van der Waals surface area contributed by atoms with E-state index in [1.807, 2.05) is 34.5 Å². The van der Waals surface area contributed by atoms with Gasteiger partial charge in [0.05, 0.1) is 18.2 Å². The number of amides is 1. The van der Waals surface area contributed by atoms with Gasteiger partial charge in [0.1, 0.15) is 0 Å². The Morgan fingerprint density at radius 2 is 2.07 bits per heavy atom. The van der Waals surface area contributed by atoms with Crippen molar-refractivity contribution in [1.29, 1.82) is 0 Å². The summed E-state index contributed by atoms with van der Waals surface area (Å²) in [4.78, 5) is 23.1. The second-order valence-corrected chi connectivity index (χ2v) is 10.3. The number of nitrogens with zero attached hydrogens (tertiary/aromatic N) is 4. The van der Waals surface area contributed by atoms with Crippen LogP contribution in [0, 0.1) is 11.8 Å². The molecule has 0 unspecified atom stereocenters. The molecule has 5 heterocycles. The van der Waals surface area contributed by atoms with E-state index >= 15 is 0 Å². The molecule has 5 nitrogen and oxygen atoms in total. The molecule has 2 aromatic heterocycles. The summed E-state index contributed by atoms with van der Waals surface area (Å²) in [5, 5.41) is 2.98. The maximum absolute atomic E-state index is 13.4. The number of rotatable bonds is 3. The van der Waals surface area contributed by atoms with E-state index in [0.717, 1.165) is 29.8 Å². The number of thiazole rings is 1. The molecule has 0 saturated carbocycles. The van der Waals surface area contributed by atoms with E-state index in [1.54, 1.807) is 16.9 Å². The Bertz CT molecular complexity index is 948. The molecule has 2 aromatic rings. The predicted molar refractivity (Wildman–Crippen MR) is 119 cm³/mol. The summed E-state index contributed by atoms with van der Waals surface area (Å²) >= 11 is 1.61. The lowest BCUT2D eigenvalue weighted by molar-refractivity contribution is -0.135. The first kappa shape index (κ1) is 18.8. The van der Waals surface area contributed by atoms with Crippen LogP contribution in [0.15, 0.2) is 41.6 Å². The summed E-state index contributed by atoms with van der Waals surface area (Å²) in [6, 6.07) is 5.09. The van der Waals surface area contributed by atoms with Crippen molar-refractivity contribution in [1.82, 2.24) is 19.4 Å². The van der Waals surface area contributed by atoms with E-state index in [1.165, 1.54) is 45.2 Å². The van der Waals surface area contributed by atoms with Gasteiger partial charge < -0.3 is 9.47 Å².